The number of nitrogens with zero attached hydrogens (tertiary/aromatic N) is 1. The number of carbonyl (C=O) groups is 3. The molecule has 1 heterocycles. The molecule has 0 saturated carbocycles. The van der Waals surface area contributed by atoms with Crippen molar-refractivity contribution in [3.63, 3.8) is 0 Å². The Kier molecular flexibility index (Phi) is 11.8. The van der Waals surface area contributed by atoms with E-state index in [4.69, 9.17) is 4.74 Å². The molecule has 0 aliphatic carbocycles. The summed E-state index contributed by atoms with van der Waals surface area (Å²) in [6.07, 6.45) is -0.977. The second-order valence-electron chi connectivity index (χ2n) is 4.73. The van der Waals surface area contributed by atoms with Gasteiger partial charge in [0.25, 0.3) is 11.8 Å². The highest BCUT2D eigenvalue weighted by molar-refractivity contribution is 6.01. The first kappa shape index (κ1) is 24.4. The maximum Gasteiger partial charge on any atom is 0.534 e. The molecule has 0 N–H and O–H groups in total. The predicted octanol–water partition coefficient (Wildman–Crippen LogP) is 2.93. The van der Waals surface area contributed by atoms with E-state index >= 15 is 0 Å². The molecular formula is C14H29NO6. The zero-order chi connectivity index (χ0) is 13.8. The summed E-state index contributed by atoms with van der Waals surface area (Å²) in [6, 6.07) is 0. The van der Waals surface area contributed by atoms with Gasteiger partial charge in [-0.05, 0) is 20.8 Å². The van der Waals surface area contributed by atoms with Crippen molar-refractivity contribution >= 4 is 18.0 Å². The first-order chi connectivity index (χ1) is 8.29. The van der Waals surface area contributed by atoms with E-state index in [0.717, 1.165) is 0 Å². The molecule has 0 unspecified atom stereocenters. The molecule has 1 aliphatic rings. The molecule has 7 nitrogen and oxygen atoms in total. The number of ether oxygens (including phenoxy) is 2. The van der Waals surface area contributed by atoms with Gasteiger partial charge in [-0.25, -0.2) is 4.79 Å². The Morgan fingerprint density at radius 1 is 1.05 bits per heavy atom. The van der Waals surface area contributed by atoms with Crippen LogP contribution in [0.2, 0.25) is 0 Å². The highest BCUT2D eigenvalue weighted by Gasteiger charge is 2.33. The van der Waals surface area contributed by atoms with Crippen LogP contribution in [0.1, 0.15) is 55.9 Å². The number of amides is 2. The van der Waals surface area contributed by atoms with Crippen molar-refractivity contribution in [2.45, 2.75) is 61.5 Å². The Labute approximate surface area is 127 Å². The fourth-order valence-electron chi connectivity index (χ4n) is 1.23. The summed E-state index contributed by atoms with van der Waals surface area (Å²) in [5.41, 5.74) is -0.325. The average molecular weight is 307 g/mol. The Bertz CT molecular complexity index is 332. The zero-order valence-corrected chi connectivity index (χ0v) is 10.7. The maximum atomic E-state index is 11.2. The standard InChI is InChI=1S/C11H17NO6.3CH4/c1-11(2,3)17-7-6-16-10(15)18-12-8(13)4-5-9(12)14;;;/h4-7H2,1-3H3;3*1H4. The fraction of sp³-hybridized carbons (Fsp3) is 0.786. The molecule has 0 bridgehead atoms. The summed E-state index contributed by atoms with van der Waals surface area (Å²) in [4.78, 5) is 37.9. The highest BCUT2D eigenvalue weighted by Crippen LogP contribution is 2.12. The van der Waals surface area contributed by atoms with Gasteiger partial charge in [-0.2, -0.15) is 0 Å². The van der Waals surface area contributed by atoms with Gasteiger partial charge < -0.3 is 9.47 Å². The third-order valence-electron chi connectivity index (χ3n) is 2.01. The number of hydrogen-bond acceptors (Lipinski definition) is 6. The Morgan fingerprint density at radius 2 is 1.52 bits per heavy atom. The third-order valence-corrected chi connectivity index (χ3v) is 2.01. The zero-order valence-electron chi connectivity index (χ0n) is 10.7. The second kappa shape index (κ2) is 10.1. The van der Waals surface area contributed by atoms with Crippen LogP contribution in [0.3, 0.4) is 0 Å². The van der Waals surface area contributed by atoms with E-state index in [1.54, 1.807) is 0 Å². The minimum absolute atomic E-state index is 0. The van der Waals surface area contributed by atoms with Crippen LogP contribution in [0.25, 0.3) is 0 Å². The molecule has 2 amide bonds. The van der Waals surface area contributed by atoms with Crippen LogP contribution in [0.4, 0.5) is 4.79 Å². The van der Waals surface area contributed by atoms with E-state index in [1.807, 2.05) is 20.8 Å². The number of imide groups is 1. The minimum Gasteiger partial charge on any atom is -0.430 e. The van der Waals surface area contributed by atoms with Crippen molar-refractivity contribution in [1.82, 2.24) is 5.06 Å². The van der Waals surface area contributed by atoms with Crippen LogP contribution in [0.5, 0.6) is 0 Å². The van der Waals surface area contributed by atoms with E-state index in [9.17, 15) is 14.4 Å². The average Bonchev–Trinajstić information content (AvgIpc) is 2.55. The van der Waals surface area contributed by atoms with E-state index in [2.05, 4.69) is 9.57 Å². The lowest BCUT2D eigenvalue weighted by Crippen LogP contribution is -2.33. The lowest BCUT2D eigenvalue weighted by molar-refractivity contribution is -0.177. The van der Waals surface area contributed by atoms with Gasteiger partial charge in [-0.3, -0.25) is 14.4 Å². The molecule has 0 aromatic rings. The van der Waals surface area contributed by atoms with E-state index in [-0.39, 0.29) is 53.9 Å². The van der Waals surface area contributed by atoms with Crippen molar-refractivity contribution in [2.24, 2.45) is 0 Å². The van der Waals surface area contributed by atoms with Gasteiger partial charge in [-0.1, -0.05) is 27.3 Å². The van der Waals surface area contributed by atoms with Gasteiger partial charge in [0.1, 0.15) is 6.61 Å². The van der Waals surface area contributed by atoms with Crippen molar-refractivity contribution in [3.05, 3.63) is 0 Å². The molecule has 7 heteroatoms. The fourth-order valence-corrected chi connectivity index (χ4v) is 1.23. The molecule has 1 saturated heterocycles. The topological polar surface area (TPSA) is 82.1 Å². The van der Waals surface area contributed by atoms with E-state index in [0.29, 0.717) is 5.06 Å². The first-order valence-corrected chi connectivity index (χ1v) is 5.64. The summed E-state index contributed by atoms with van der Waals surface area (Å²) in [7, 11) is 0. The lowest BCUT2D eigenvalue weighted by atomic mass is 10.2. The normalized spacial score (nSPS) is 13.8. The first-order valence-electron chi connectivity index (χ1n) is 5.64. The molecule has 0 aromatic carbocycles. The molecule has 0 radical (unpaired) electrons. The van der Waals surface area contributed by atoms with Gasteiger partial charge in [0.2, 0.25) is 0 Å². The van der Waals surface area contributed by atoms with Gasteiger partial charge in [0, 0.05) is 12.8 Å². The molecule has 0 spiro atoms. The number of hydroxylamine groups is 2. The van der Waals surface area contributed by atoms with Crippen molar-refractivity contribution < 1.29 is 28.7 Å². The van der Waals surface area contributed by atoms with Crippen molar-refractivity contribution in [3.8, 4) is 0 Å². The Balaban J connectivity index is -0.00000108. The maximum absolute atomic E-state index is 11.2. The molecule has 1 aliphatic heterocycles. The Morgan fingerprint density at radius 3 is 1.95 bits per heavy atom. The summed E-state index contributed by atoms with van der Waals surface area (Å²) in [5.74, 6) is -1.08. The predicted molar refractivity (Wildman–Crippen MR) is 79.4 cm³/mol. The molecule has 21 heavy (non-hydrogen) atoms. The quantitative estimate of drug-likeness (QED) is 0.451. The lowest BCUT2D eigenvalue weighted by Gasteiger charge is -2.19. The number of carbonyl (C=O) groups excluding carboxylic acids is 3. The van der Waals surface area contributed by atoms with Gasteiger partial charge in [0.05, 0.1) is 12.2 Å². The smallest absolute Gasteiger partial charge is 0.430 e. The monoisotopic (exact) mass is 307 g/mol. The molecule has 1 rings (SSSR count). The van der Waals surface area contributed by atoms with Crippen molar-refractivity contribution in [2.75, 3.05) is 13.2 Å². The minimum atomic E-state index is -1.09. The van der Waals surface area contributed by atoms with Gasteiger partial charge in [0.15, 0.2) is 0 Å². The summed E-state index contributed by atoms with van der Waals surface area (Å²) in [5, 5.41) is 0.437. The molecule has 1 fully saturated rings. The summed E-state index contributed by atoms with van der Waals surface area (Å²) < 4.78 is 9.98. The molecular weight excluding hydrogens is 278 g/mol. The Hall–Kier alpha value is -1.63. The van der Waals surface area contributed by atoms with Crippen LogP contribution in [-0.4, -0.2) is 41.8 Å². The van der Waals surface area contributed by atoms with Crippen LogP contribution < -0.4 is 0 Å². The van der Waals surface area contributed by atoms with Crippen LogP contribution >= 0.6 is 0 Å². The highest BCUT2D eigenvalue weighted by atomic mass is 16.8. The molecule has 126 valence electrons. The number of rotatable bonds is 4. The molecule has 0 aromatic heterocycles. The summed E-state index contributed by atoms with van der Waals surface area (Å²) in [6.45, 7) is 5.81. The van der Waals surface area contributed by atoms with Crippen molar-refractivity contribution in [1.29, 1.82) is 0 Å². The van der Waals surface area contributed by atoms with Gasteiger partial charge >= 0.3 is 6.16 Å². The number of hydrogen-bond donors (Lipinski definition) is 0. The van der Waals surface area contributed by atoms with Gasteiger partial charge in [-0.15, -0.1) is 0 Å². The second-order valence-corrected chi connectivity index (χ2v) is 4.73. The van der Waals surface area contributed by atoms with E-state index < -0.39 is 18.0 Å². The largest absolute Gasteiger partial charge is 0.534 e. The summed E-state index contributed by atoms with van der Waals surface area (Å²) >= 11 is 0. The van der Waals surface area contributed by atoms with Crippen LogP contribution in [0.15, 0.2) is 0 Å². The van der Waals surface area contributed by atoms with Crippen LogP contribution in [0, 0.1) is 0 Å². The third kappa shape index (κ3) is 9.01. The van der Waals surface area contributed by atoms with E-state index in [1.165, 1.54) is 0 Å². The SMILES string of the molecule is C.C.C.CC(C)(C)OCCOC(=O)ON1C(=O)CCC1=O. The van der Waals surface area contributed by atoms with Crippen LogP contribution in [-0.2, 0) is 23.9 Å². The molecule has 0 atom stereocenters.